The van der Waals surface area contributed by atoms with E-state index in [0.29, 0.717) is 9.79 Å². The predicted molar refractivity (Wildman–Crippen MR) is 103 cm³/mol. The van der Waals surface area contributed by atoms with Crippen LogP contribution in [-0.4, -0.2) is 44.0 Å². The van der Waals surface area contributed by atoms with Crippen molar-refractivity contribution in [2.45, 2.75) is 14.7 Å². The molecule has 2 rings (SSSR count). The van der Waals surface area contributed by atoms with Crippen LogP contribution in [0.15, 0.2) is 39.0 Å². The number of hydrogen-bond donors (Lipinski definition) is 2. The van der Waals surface area contributed by atoms with E-state index >= 15 is 0 Å². The zero-order valence-corrected chi connectivity index (χ0v) is 17.1. The van der Waals surface area contributed by atoms with Crippen molar-refractivity contribution in [1.82, 2.24) is 14.7 Å². The predicted octanol–water partition coefficient (Wildman–Crippen LogP) is 3.09. The van der Waals surface area contributed by atoms with E-state index in [1.165, 1.54) is 36.7 Å². The molecule has 0 unspecified atom stereocenters. The molecule has 0 radical (unpaired) electrons. The van der Waals surface area contributed by atoms with Crippen molar-refractivity contribution in [2.75, 3.05) is 24.9 Å². The number of urea groups is 1. The number of halogens is 1. The molecule has 2 aromatic rings. The van der Waals surface area contributed by atoms with Crippen LogP contribution in [-0.2, 0) is 10.0 Å². The monoisotopic (exact) mass is 434 g/mol. The van der Waals surface area contributed by atoms with E-state index in [-0.39, 0.29) is 21.9 Å². The third kappa shape index (κ3) is 4.93. The molecule has 26 heavy (non-hydrogen) atoms. The number of rotatable bonds is 6. The summed E-state index contributed by atoms with van der Waals surface area (Å²) in [5.74, 6) is -0.0640. The number of thioether (sulfide) groups is 2. The van der Waals surface area contributed by atoms with Crippen molar-refractivity contribution in [3.05, 3.63) is 29.4 Å². The molecule has 0 aliphatic heterocycles. The maximum absolute atomic E-state index is 12.7. The first-order valence-electron chi connectivity index (χ1n) is 6.94. The first kappa shape index (κ1) is 20.6. The van der Waals surface area contributed by atoms with Crippen molar-refractivity contribution in [3.8, 4) is 5.88 Å². The molecule has 0 fully saturated rings. The molecular weight excluding hydrogens is 420 g/mol. The smallest absolute Gasteiger partial charge is 0.335 e. The normalized spacial score (nSPS) is 11.1. The van der Waals surface area contributed by atoms with Gasteiger partial charge in [0.25, 0.3) is 10.0 Å². The van der Waals surface area contributed by atoms with Gasteiger partial charge in [0.1, 0.15) is 10.0 Å². The molecule has 1 heterocycles. The van der Waals surface area contributed by atoms with E-state index in [2.05, 4.69) is 15.3 Å². The summed E-state index contributed by atoms with van der Waals surface area (Å²) in [5.41, 5.74) is 0. The Labute approximate surface area is 164 Å². The van der Waals surface area contributed by atoms with Gasteiger partial charge in [-0.25, -0.2) is 22.9 Å². The second-order valence-electron chi connectivity index (χ2n) is 4.61. The average molecular weight is 435 g/mol. The first-order chi connectivity index (χ1) is 12.3. The van der Waals surface area contributed by atoms with Crippen molar-refractivity contribution in [1.29, 1.82) is 0 Å². The Morgan fingerprint density at radius 1 is 1.19 bits per heavy atom. The second kappa shape index (κ2) is 8.80. The number of nitrogens with zero attached hydrogens (tertiary/aromatic N) is 2. The Bertz CT molecular complexity index is 902. The quantitative estimate of drug-likeness (QED) is 0.527. The minimum atomic E-state index is -4.11. The van der Waals surface area contributed by atoms with Gasteiger partial charge in [0.05, 0.1) is 7.11 Å². The minimum absolute atomic E-state index is 0.0346. The van der Waals surface area contributed by atoms with Gasteiger partial charge in [0.2, 0.25) is 11.8 Å². The lowest BCUT2D eigenvalue weighted by molar-refractivity contribution is 0.256. The summed E-state index contributed by atoms with van der Waals surface area (Å²) in [4.78, 5) is 20.9. The second-order valence-corrected chi connectivity index (χ2v) is 8.31. The number of nitrogens with one attached hydrogen (secondary N) is 2. The Hall–Kier alpha value is -1.69. The molecule has 2 amide bonds. The lowest BCUT2D eigenvalue weighted by Crippen LogP contribution is -2.35. The number of methoxy groups -OCH3 is 1. The lowest BCUT2D eigenvalue weighted by Gasteiger charge is -2.13. The van der Waals surface area contributed by atoms with Crippen LogP contribution in [0.1, 0.15) is 0 Å². The molecule has 1 aromatic heterocycles. The first-order valence-corrected chi connectivity index (χ1v) is 11.2. The largest absolute Gasteiger partial charge is 0.481 e. The standard InChI is InChI=1S/C14H15ClN4O4S3/c1-23-11-7-10(15)16-13(17-11)18-14(20)19-26(21,22)12-8(24-2)5-4-6-9(12)25-3/h4-7H,1-3H3,(H2,16,17,18,19,20). The van der Waals surface area contributed by atoms with Crippen LogP contribution in [0.4, 0.5) is 10.7 Å². The average Bonchev–Trinajstić information content (AvgIpc) is 2.59. The van der Waals surface area contributed by atoms with E-state index in [0.717, 1.165) is 0 Å². The van der Waals surface area contributed by atoms with Gasteiger partial charge in [-0.15, -0.1) is 23.5 Å². The van der Waals surface area contributed by atoms with Crippen LogP contribution in [0.3, 0.4) is 0 Å². The number of anilines is 1. The maximum Gasteiger partial charge on any atom is 0.335 e. The molecule has 0 saturated heterocycles. The molecular formula is C14H15ClN4O4S3. The van der Waals surface area contributed by atoms with E-state index in [9.17, 15) is 13.2 Å². The summed E-state index contributed by atoms with van der Waals surface area (Å²) in [6.07, 6.45) is 3.51. The van der Waals surface area contributed by atoms with E-state index in [4.69, 9.17) is 16.3 Å². The van der Waals surface area contributed by atoms with Crippen molar-refractivity contribution < 1.29 is 17.9 Å². The number of carbonyl (C=O) groups is 1. The van der Waals surface area contributed by atoms with Gasteiger partial charge in [-0.1, -0.05) is 17.7 Å². The molecule has 1 aromatic carbocycles. The van der Waals surface area contributed by atoms with Crippen LogP contribution < -0.4 is 14.8 Å². The van der Waals surface area contributed by atoms with Crippen LogP contribution >= 0.6 is 35.1 Å². The van der Waals surface area contributed by atoms with Crippen molar-refractivity contribution in [3.63, 3.8) is 0 Å². The van der Waals surface area contributed by atoms with Crippen LogP contribution in [0, 0.1) is 0 Å². The van der Waals surface area contributed by atoms with Gasteiger partial charge in [0.15, 0.2) is 0 Å². The fourth-order valence-electron chi connectivity index (χ4n) is 1.94. The molecule has 0 spiro atoms. The Morgan fingerprint density at radius 3 is 2.35 bits per heavy atom. The molecule has 2 N–H and O–H groups in total. The van der Waals surface area contributed by atoms with Gasteiger partial charge >= 0.3 is 6.03 Å². The summed E-state index contributed by atoms with van der Waals surface area (Å²) in [7, 11) is -2.74. The number of benzene rings is 1. The fraction of sp³-hybridized carbons (Fsp3) is 0.214. The molecule has 0 bridgehead atoms. The number of ether oxygens (including phenoxy) is 1. The summed E-state index contributed by atoms with van der Waals surface area (Å²) in [6, 6.07) is 5.42. The van der Waals surface area contributed by atoms with Gasteiger partial charge in [-0.05, 0) is 24.6 Å². The molecule has 0 aliphatic carbocycles. The molecule has 8 nitrogen and oxygen atoms in total. The Balaban J connectivity index is 2.27. The lowest BCUT2D eigenvalue weighted by atomic mass is 10.4. The highest BCUT2D eigenvalue weighted by atomic mass is 35.5. The highest BCUT2D eigenvalue weighted by molar-refractivity contribution is 8.01. The molecule has 0 aliphatic rings. The molecule has 140 valence electrons. The minimum Gasteiger partial charge on any atom is -0.481 e. The highest BCUT2D eigenvalue weighted by Gasteiger charge is 2.25. The van der Waals surface area contributed by atoms with Crippen LogP contribution in [0.2, 0.25) is 5.15 Å². The van der Waals surface area contributed by atoms with E-state index in [1.54, 1.807) is 30.7 Å². The summed E-state index contributed by atoms with van der Waals surface area (Å²) in [5, 5.41) is 2.26. The van der Waals surface area contributed by atoms with Gasteiger partial charge in [-0.3, -0.25) is 5.32 Å². The third-order valence-electron chi connectivity index (χ3n) is 2.98. The number of carbonyl (C=O) groups excluding carboxylic acids is 1. The Morgan fingerprint density at radius 2 is 1.81 bits per heavy atom. The summed E-state index contributed by atoms with van der Waals surface area (Å²) < 4.78 is 32.3. The number of hydrogen-bond acceptors (Lipinski definition) is 8. The van der Waals surface area contributed by atoms with Gasteiger partial charge in [-0.2, -0.15) is 4.98 Å². The SMILES string of the molecule is COc1cc(Cl)nc(NC(=O)NS(=O)(=O)c2c(SC)cccc2SC)n1. The van der Waals surface area contributed by atoms with E-state index in [1.807, 2.05) is 4.72 Å². The zero-order chi connectivity index (χ0) is 19.3. The third-order valence-corrected chi connectivity index (χ3v) is 6.43. The maximum atomic E-state index is 12.7. The van der Waals surface area contributed by atoms with Crippen LogP contribution in [0.5, 0.6) is 5.88 Å². The molecule has 0 saturated carbocycles. The van der Waals surface area contributed by atoms with Gasteiger partial charge < -0.3 is 4.74 Å². The summed E-state index contributed by atoms with van der Waals surface area (Å²) in [6.45, 7) is 0. The summed E-state index contributed by atoms with van der Waals surface area (Å²) >= 11 is 8.33. The van der Waals surface area contributed by atoms with Crippen molar-refractivity contribution in [2.24, 2.45) is 0 Å². The highest BCUT2D eigenvalue weighted by Crippen LogP contribution is 2.32. The van der Waals surface area contributed by atoms with Crippen LogP contribution in [0.25, 0.3) is 0 Å². The molecule has 0 atom stereocenters. The van der Waals surface area contributed by atoms with Gasteiger partial charge in [0, 0.05) is 15.9 Å². The number of amides is 2. The van der Waals surface area contributed by atoms with E-state index < -0.39 is 16.1 Å². The number of aromatic nitrogens is 2. The number of sulfonamides is 1. The topological polar surface area (TPSA) is 110 Å². The Kier molecular flexibility index (Phi) is 6.98. The van der Waals surface area contributed by atoms with Crippen molar-refractivity contribution >= 4 is 57.1 Å². The fourth-order valence-corrected chi connectivity index (χ4v) is 5.42. The zero-order valence-electron chi connectivity index (χ0n) is 13.9. The molecule has 12 heteroatoms.